The number of carbonyl (C=O) groups excluding carboxylic acids is 1. The summed E-state index contributed by atoms with van der Waals surface area (Å²) in [6, 6.07) is 0.169. The number of nitrogens with zero attached hydrogens (tertiary/aromatic N) is 4. The van der Waals surface area contributed by atoms with Gasteiger partial charge < -0.3 is 20.3 Å². The number of anilines is 2. The Morgan fingerprint density at radius 3 is 2.69 bits per heavy atom. The van der Waals surface area contributed by atoms with Crippen molar-refractivity contribution in [1.82, 2.24) is 14.9 Å². The topological polar surface area (TPSA) is 84.6 Å². The molecule has 2 atom stereocenters. The van der Waals surface area contributed by atoms with Crippen molar-refractivity contribution >= 4 is 17.9 Å². The molecule has 2 N–H and O–H groups in total. The van der Waals surface area contributed by atoms with Crippen molar-refractivity contribution in [3.05, 3.63) is 11.3 Å². The maximum absolute atomic E-state index is 12.8. The highest BCUT2D eigenvalue weighted by Gasteiger charge is 2.44. The van der Waals surface area contributed by atoms with Gasteiger partial charge in [-0.25, -0.2) is 9.78 Å². The molecule has 7 nitrogen and oxygen atoms in total. The standard InChI is InChI=1S/C22H35N5O2/c1-21(2,3)29-20(28)27-11-7-8-14-12-26(13-16(14)27)18-15-9-6-10-22(4,5)17(15)24-19(23)25-18/h14,16H,6-13H2,1-5H3,(H2,23,24,25)/t14-,16+/m1/s1. The summed E-state index contributed by atoms with van der Waals surface area (Å²) in [5.41, 5.74) is 8.02. The molecule has 29 heavy (non-hydrogen) atoms. The summed E-state index contributed by atoms with van der Waals surface area (Å²) in [7, 11) is 0. The summed E-state index contributed by atoms with van der Waals surface area (Å²) >= 11 is 0. The van der Waals surface area contributed by atoms with Crippen molar-refractivity contribution in [3.8, 4) is 0 Å². The molecule has 160 valence electrons. The minimum absolute atomic E-state index is 0.0222. The Bertz CT molecular complexity index is 801. The molecule has 2 fully saturated rings. The van der Waals surface area contributed by atoms with E-state index in [4.69, 9.17) is 10.5 Å². The second-order valence-corrected chi connectivity index (χ2v) is 10.5. The van der Waals surface area contributed by atoms with Gasteiger partial charge in [0.1, 0.15) is 11.4 Å². The largest absolute Gasteiger partial charge is 0.444 e. The molecule has 4 rings (SSSR count). The average Bonchev–Trinajstić information content (AvgIpc) is 3.04. The maximum atomic E-state index is 12.8. The Balaban J connectivity index is 1.61. The Hall–Kier alpha value is -2.05. The van der Waals surface area contributed by atoms with Crippen LogP contribution in [-0.4, -0.2) is 52.2 Å². The molecule has 3 aliphatic rings. The van der Waals surface area contributed by atoms with Gasteiger partial charge in [0.25, 0.3) is 0 Å². The molecule has 0 radical (unpaired) electrons. The SMILES string of the molecule is CC(C)(C)OC(=O)N1CCC[C@@H]2CN(c3nc(N)nc4c3CCCC4(C)C)C[C@@H]21. The fourth-order valence-corrected chi connectivity index (χ4v) is 5.27. The Morgan fingerprint density at radius 2 is 1.97 bits per heavy atom. The first kappa shape index (κ1) is 20.2. The van der Waals surface area contributed by atoms with E-state index in [2.05, 4.69) is 28.7 Å². The van der Waals surface area contributed by atoms with Crippen LogP contribution in [0.5, 0.6) is 0 Å². The van der Waals surface area contributed by atoms with E-state index in [1.54, 1.807) is 0 Å². The number of nitrogen functional groups attached to an aromatic ring is 1. The fourth-order valence-electron chi connectivity index (χ4n) is 5.27. The average molecular weight is 402 g/mol. The lowest BCUT2D eigenvalue weighted by Crippen LogP contribution is -2.50. The number of hydrogen-bond acceptors (Lipinski definition) is 6. The Kier molecular flexibility index (Phi) is 4.90. The summed E-state index contributed by atoms with van der Waals surface area (Å²) in [5.74, 6) is 1.78. The third kappa shape index (κ3) is 3.88. The van der Waals surface area contributed by atoms with Crippen molar-refractivity contribution in [2.45, 2.75) is 83.8 Å². The number of carbonyl (C=O) groups is 1. The van der Waals surface area contributed by atoms with Gasteiger partial charge >= 0.3 is 6.09 Å². The minimum atomic E-state index is -0.478. The zero-order chi connectivity index (χ0) is 21.0. The summed E-state index contributed by atoms with van der Waals surface area (Å²) in [6.45, 7) is 12.7. The molecule has 0 unspecified atom stereocenters. The molecular weight excluding hydrogens is 366 g/mol. The van der Waals surface area contributed by atoms with Crippen LogP contribution in [0.1, 0.15) is 71.6 Å². The number of aromatic nitrogens is 2. The third-order valence-electron chi connectivity index (χ3n) is 6.58. The Labute approximate surface area is 174 Å². The number of likely N-dealkylation sites (tertiary alicyclic amines) is 1. The van der Waals surface area contributed by atoms with E-state index in [1.807, 2.05) is 25.7 Å². The highest BCUT2D eigenvalue weighted by atomic mass is 16.6. The van der Waals surface area contributed by atoms with Crippen LogP contribution in [0.2, 0.25) is 0 Å². The van der Waals surface area contributed by atoms with Gasteiger partial charge in [0, 0.05) is 30.6 Å². The summed E-state index contributed by atoms with van der Waals surface area (Å²) in [4.78, 5) is 26.4. The third-order valence-corrected chi connectivity index (χ3v) is 6.58. The zero-order valence-corrected chi connectivity index (χ0v) is 18.5. The van der Waals surface area contributed by atoms with Gasteiger partial charge in [-0.3, -0.25) is 0 Å². The van der Waals surface area contributed by atoms with Crippen LogP contribution in [0.3, 0.4) is 0 Å². The van der Waals surface area contributed by atoms with Crippen molar-refractivity contribution in [1.29, 1.82) is 0 Å². The molecule has 0 aromatic carbocycles. The van der Waals surface area contributed by atoms with Crippen LogP contribution in [0, 0.1) is 5.92 Å². The second kappa shape index (κ2) is 7.03. The van der Waals surface area contributed by atoms with Gasteiger partial charge in [-0.15, -0.1) is 0 Å². The van der Waals surface area contributed by atoms with Crippen LogP contribution in [0.25, 0.3) is 0 Å². The minimum Gasteiger partial charge on any atom is -0.444 e. The predicted octanol–water partition coefficient (Wildman–Crippen LogP) is 3.51. The van der Waals surface area contributed by atoms with E-state index >= 15 is 0 Å². The van der Waals surface area contributed by atoms with Crippen LogP contribution in [0.4, 0.5) is 16.6 Å². The lowest BCUT2D eigenvalue weighted by molar-refractivity contribution is 0.00669. The van der Waals surface area contributed by atoms with Gasteiger partial charge in [0.05, 0.1) is 11.7 Å². The highest BCUT2D eigenvalue weighted by Crippen LogP contribution is 2.41. The molecular formula is C22H35N5O2. The molecule has 0 spiro atoms. The van der Waals surface area contributed by atoms with E-state index in [9.17, 15) is 4.79 Å². The fraction of sp³-hybridized carbons (Fsp3) is 0.773. The van der Waals surface area contributed by atoms with E-state index in [-0.39, 0.29) is 17.6 Å². The number of hydrogen-bond donors (Lipinski definition) is 1. The quantitative estimate of drug-likeness (QED) is 0.775. The number of fused-ring (bicyclic) bond motifs is 2. The van der Waals surface area contributed by atoms with Crippen molar-refractivity contribution in [2.24, 2.45) is 5.92 Å². The smallest absolute Gasteiger partial charge is 0.410 e. The molecule has 0 bridgehead atoms. The van der Waals surface area contributed by atoms with Crippen molar-refractivity contribution in [2.75, 3.05) is 30.3 Å². The van der Waals surface area contributed by atoms with Crippen LogP contribution in [-0.2, 0) is 16.6 Å². The molecule has 1 amide bonds. The van der Waals surface area contributed by atoms with E-state index in [0.29, 0.717) is 11.9 Å². The number of ether oxygens (including phenoxy) is 1. The number of piperidine rings is 1. The number of rotatable bonds is 1. The lowest BCUT2D eigenvalue weighted by Gasteiger charge is -2.37. The van der Waals surface area contributed by atoms with E-state index < -0.39 is 5.60 Å². The highest BCUT2D eigenvalue weighted by molar-refractivity contribution is 5.69. The Morgan fingerprint density at radius 1 is 1.21 bits per heavy atom. The lowest BCUT2D eigenvalue weighted by atomic mass is 9.76. The molecule has 2 saturated heterocycles. The normalized spacial score (nSPS) is 26.1. The molecule has 7 heteroatoms. The molecule has 3 heterocycles. The summed E-state index contributed by atoms with van der Waals surface area (Å²) in [6.07, 6.45) is 5.22. The van der Waals surface area contributed by atoms with Gasteiger partial charge in [-0.1, -0.05) is 13.8 Å². The molecule has 1 aromatic rings. The summed E-state index contributed by atoms with van der Waals surface area (Å²) < 4.78 is 5.69. The van der Waals surface area contributed by atoms with Crippen LogP contribution < -0.4 is 10.6 Å². The molecule has 2 aliphatic heterocycles. The molecule has 0 saturated carbocycles. The van der Waals surface area contributed by atoms with Crippen molar-refractivity contribution in [3.63, 3.8) is 0 Å². The second-order valence-electron chi connectivity index (χ2n) is 10.5. The van der Waals surface area contributed by atoms with Gasteiger partial charge in [0.15, 0.2) is 0 Å². The van der Waals surface area contributed by atoms with Gasteiger partial charge in [-0.2, -0.15) is 4.98 Å². The first-order valence-corrected chi connectivity index (χ1v) is 11.0. The number of amides is 1. The predicted molar refractivity (Wildman–Crippen MR) is 114 cm³/mol. The van der Waals surface area contributed by atoms with E-state index in [0.717, 1.165) is 63.3 Å². The first-order valence-electron chi connectivity index (χ1n) is 11.0. The van der Waals surface area contributed by atoms with Gasteiger partial charge in [-0.05, 0) is 58.8 Å². The van der Waals surface area contributed by atoms with Gasteiger partial charge in [0.2, 0.25) is 5.95 Å². The zero-order valence-electron chi connectivity index (χ0n) is 18.5. The van der Waals surface area contributed by atoms with Crippen LogP contribution >= 0.6 is 0 Å². The summed E-state index contributed by atoms with van der Waals surface area (Å²) in [5, 5.41) is 0. The van der Waals surface area contributed by atoms with Crippen molar-refractivity contribution < 1.29 is 9.53 Å². The maximum Gasteiger partial charge on any atom is 0.410 e. The van der Waals surface area contributed by atoms with E-state index in [1.165, 1.54) is 5.56 Å². The molecule has 1 aromatic heterocycles. The monoisotopic (exact) mass is 401 g/mol. The van der Waals surface area contributed by atoms with Crippen LogP contribution in [0.15, 0.2) is 0 Å². The number of nitrogens with two attached hydrogens (primary N) is 1. The molecule has 1 aliphatic carbocycles. The first-order chi connectivity index (χ1) is 13.5.